The van der Waals surface area contributed by atoms with Gasteiger partial charge >= 0.3 is 6.09 Å². The lowest BCUT2D eigenvalue weighted by atomic mass is 10.0. The van der Waals surface area contributed by atoms with Gasteiger partial charge in [0.25, 0.3) is 5.91 Å². The van der Waals surface area contributed by atoms with Gasteiger partial charge in [0.2, 0.25) is 0 Å². The summed E-state index contributed by atoms with van der Waals surface area (Å²) in [5.74, 6) is -0.350. The first kappa shape index (κ1) is 24.4. The number of nitrogens with zero attached hydrogens (tertiary/aromatic N) is 1. The highest BCUT2D eigenvalue weighted by molar-refractivity contribution is 5.86. The molecule has 2 aromatic rings. The molecule has 168 valence electrons. The molecule has 0 radical (unpaired) electrons. The summed E-state index contributed by atoms with van der Waals surface area (Å²) < 4.78 is 16.4. The van der Waals surface area contributed by atoms with Crippen LogP contribution in [0.5, 0.6) is 5.75 Å². The van der Waals surface area contributed by atoms with Crippen LogP contribution in [0, 0.1) is 11.3 Å². The van der Waals surface area contributed by atoms with E-state index in [-0.39, 0.29) is 13.2 Å². The SMILES string of the molecule is CO[C@H](/C=C/C(=O)NO)[C@H](OC(=O)Nc1ccc(C#N)cc1)c1cccc(OCCO)c1. The monoisotopic (exact) mass is 441 g/mol. The van der Waals surface area contributed by atoms with Crippen LogP contribution < -0.4 is 15.5 Å². The Kier molecular flexibility index (Phi) is 9.68. The van der Waals surface area contributed by atoms with Crippen molar-refractivity contribution in [3.05, 3.63) is 71.8 Å². The quantitative estimate of drug-likeness (QED) is 0.249. The number of hydroxylamine groups is 1. The van der Waals surface area contributed by atoms with E-state index in [0.717, 1.165) is 6.08 Å². The van der Waals surface area contributed by atoms with Gasteiger partial charge in [0.1, 0.15) is 18.5 Å². The molecule has 0 aliphatic carbocycles. The highest BCUT2D eigenvalue weighted by Gasteiger charge is 2.26. The van der Waals surface area contributed by atoms with E-state index >= 15 is 0 Å². The minimum Gasteiger partial charge on any atom is -0.491 e. The van der Waals surface area contributed by atoms with Crippen molar-refractivity contribution in [1.29, 1.82) is 5.26 Å². The van der Waals surface area contributed by atoms with Crippen molar-refractivity contribution in [2.75, 3.05) is 25.6 Å². The average molecular weight is 441 g/mol. The molecular weight excluding hydrogens is 418 g/mol. The molecule has 10 nitrogen and oxygen atoms in total. The summed E-state index contributed by atoms with van der Waals surface area (Å²) in [5.41, 5.74) is 2.82. The second-order valence-corrected chi connectivity index (χ2v) is 6.32. The fourth-order valence-electron chi connectivity index (χ4n) is 2.68. The highest BCUT2D eigenvalue weighted by atomic mass is 16.6. The van der Waals surface area contributed by atoms with Gasteiger partial charge in [-0.25, -0.2) is 10.3 Å². The molecule has 0 aromatic heterocycles. The van der Waals surface area contributed by atoms with Crippen LogP contribution in [0.3, 0.4) is 0 Å². The Labute approximate surface area is 184 Å². The van der Waals surface area contributed by atoms with Crippen LogP contribution >= 0.6 is 0 Å². The molecule has 2 atom stereocenters. The van der Waals surface area contributed by atoms with Gasteiger partial charge in [-0.05, 0) is 48.0 Å². The number of benzene rings is 2. The van der Waals surface area contributed by atoms with Gasteiger partial charge in [-0.3, -0.25) is 15.3 Å². The Bertz CT molecular complexity index is 970. The average Bonchev–Trinajstić information content (AvgIpc) is 2.82. The summed E-state index contributed by atoms with van der Waals surface area (Å²) in [4.78, 5) is 23.9. The lowest BCUT2D eigenvalue weighted by Crippen LogP contribution is -2.27. The van der Waals surface area contributed by atoms with Crippen molar-refractivity contribution in [2.24, 2.45) is 0 Å². The molecule has 10 heteroatoms. The first-order chi connectivity index (χ1) is 15.5. The Morgan fingerprint density at radius 1 is 1.22 bits per heavy atom. The molecule has 0 unspecified atom stereocenters. The maximum absolute atomic E-state index is 12.6. The number of amides is 2. The lowest BCUT2D eigenvalue weighted by molar-refractivity contribution is -0.124. The number of aliphatic hydroxyl groups is 1. The van der Waals surface area contributed by atoms with E-state index in [1.165, 1.54) is 18.7 Å². The molecule has 2 rings (SSSR count). The summed E-state index contributed by atoms with van der Waals surface area (Å²) in [7, 11) is 1.37. The molecule has 0 heterocycles. The fraction of sp³-hybridized carbons (Fsp3) is 0.227. The topological polar surface area (TPSA) is 150 Å². The number of carbonyl (C=O) groups excluding carboxylic acids is 2. The predicted molar refractivity (Wildman–Crippen MR) is 113 cm³/mol. The molecule has 0 saturated heterocycles. The van der Waals surface area contributed by atoms with Crippen LogP contribution in [0.2, 0.25) is 0 Å². The minimum absolute atomic E-state index is 0.0818. The number of hydrogen-bond donors (Lipinski definition) is 4. The third-order valence-corrected chi connectivity index (χ3v) is 4.16. The molecule has 2 amide bonds. The van der Waals surface area contributed by atoms with Gasteiger partial charge in [0.05, 0.1) is 18.2 Å². The van der Waals surface area contributed by atoms with E-state index in [1.54, 1.807) is 48.5 Å². The van der Waals surface area contributed by atoms with Crippen LogP contribution in [0.4, 0.5) is 10.5 Å². The summed E-state index contributed by atoms with van der Waals surface area (Å²) >= 11 is 0. The number of anilines is 1. The van der Waals surface area contributed by atoms with E-state index < -0.39 is 24.2 Å². The van der Waals surface area contributed by atoms with Crippen molar-refractivity contribution in [3.63, 3.8) is 0 Å². The Hall–Kier alpha value is -3.91. The van der Waals surface area contributed by atoms with Gasteiger partial charge in [-0.1, -0.05) is 12.1 Å². The van der Waals surface area contributed by atoms with Gasteiger partial charge in [0.15, 0.2) is 6.10 Å². The first-order valence-corrected chi connectivity index (χ1v) is 9.47. The Morgan fingerprint density at radius 2 is 1.97 bits per heavy atom. The minimum atomic E-state index is -1.00. The van der Waals surface area contributed by atoms with Crippen molar-refractivity contribution >= 4 is 17.7 Å². The second-order valence-electron chi connectivity index (χ2n) is 6.32. The largest absolute Gasteiger partial charge is 0.491 e. The van der Waals surface area contributed by atoms with E-state index in [2.05, 4.69) is 5.32 Å². The van der Waals surface area contributed by atoms with Crippen LogP contribution in [0.25, 0.3) is 0 Å². The van der Waals surface area contributed by atoms with Gasteiger partial charge in [0, 0.05) is 18.9 Å². The zero-order valence-electron chi connectivity index (χ0n) is 17.2. The lowest BCUT2D eigenvalue weighted by Gasteiger charge is -2.25. The van der Waals surface area contributed by atoms with E-state index in [9.17, 15) is 9.59 Å². The molecule has 32 heavy (non-hydrogen) atoms. The molecule has 4 N–H and O–H groups in total. The fourth-order valence-corrected chi connectivity index (χ4v) is 2.68. The molecule has 0 saturated carbocycles. The molecule has 0 fully saturated rings. The molecular formula is C22H23N3O7. The number of nitrogens with one attached hydrogen (secondary N) is 2. The van der Waals surface area contributed by atoms with Crippen LogP contribution in [-0.2, 0) is 14.3 Å². The van der Waals surface area contributed by atoms with Crippen LogP contribution in [0.1, 0.15) is 17.2 Å². The van der Waals surface area contributed by atoms with Crippen LogP contribution in [0.15, 0.2) is 60.7 Å². The number of methoxy groups -OCH3 is 1. The number of ether oxygens (including phenoxy) is 3. The van der Waals surface area contributed by atoms with E-state index in [4.69, 9.17) is 29.8 Å². The number of nitriles is 1. The first-order valence-electron chi connectivity index (χ1n) is 9.47. The van der Waals surface area contributed by atoms with Crippen molar-refractivity contribution in [2.45, 2.75) is 12.2 Å². The van der Waals surface area contributed by atoms with Crippen molar-refractivity contribution < 1.29 is 34.1 Å². The second kappa shape index (κ2) is 12.7. The summed E-state index contributed by atoms with van der Waals surface area (Å²) in [5, 5.41) is 29.1. The molecule has 0 bridgehead atoms. The standard InChI is InChI=1S/C22H23N3O7/c1-30-19(9-10-20(27)25-29)21(16-3-2-4-18(13-16)31-12-11-26)32-22(28)24-17-7-5-15(14-23)6-8-17/h2-10,13,19,21,26,29H,11-12H2,1H3,(H,24,28)(H,25,27)/b10-9+/t19-,21-/m1/s1. The number of aliphatic hydroxyl groups excluding tert-OH is 1. The van der Waals surface area contributed by atoms with E-state index in [0.29, 0.717) is 22.6 Å². The van der Waals surface area contributed by atoms with Crippen molar-refractivity contribution in [1.82, 2.24) is 5.48 Å². The van der Waals surface area contributed by atoms with Gasteiger partial charge in [-0.15, -0.1) is 0 Å². The van der Waals surface area contributed by atoms with E-state index in [1.807, 2.05) is 6.07 Å². The maximum Gasteiger partial charge on any atom is 0.412 e. The Balaban J connectivity index is 2.27. The zero-order valence-corrected chi connectivity index (χ0v) is 17.2. The predicted octanol–water partition coefficient (Wildman–Crippen LogP) is 2.30. The third kappa shape index (κ3) is 7.41. The third-order valence-electron chi connectivity index (χ3n) is 4.16. The van der Waals surface area contributed by atoms with Gasteiger partial charge < -0.3 is 19.3 Å². The molecule has 2 aromatic carbocycles. The number of rotatable bonds is 10. The molecule has 0 spiro atoms. The summed E-state index contributed by atoms with van der Waals surface area (Å²) in [6.45, 7) is -0.0880. The van der Waals surface area contributed by atoms with Crippen molar-refractivity contribution in [3.8, 4) is 11.8 Å². The smallest absolute Gasteiger partial charge is 0.412 e. The zero-order chi connectivity index (χ0) is 23.3. The van der Waals surface area contributed by atoms with Gasteiger partial charge in [-0.2, -0.15) is 5.26 Å². The number of carbonyl (C=O) groups is 2. The normalized spacial score (nSPS) is 12.4. The number of hydrogen-bond acceptors (Lipinski definition) is 8. The van der Waals surface area contributed by atoms with Crippen LogP contribution in [-0.4, -0.2) is 48.7 Å². The maximum atomic E-state index is 12.6. The molecule has 0 aliphatic rings. The molecule has 0 aliphatic heterocycles. The highest BCUT2D eigenvalue weighted by Crippen LogP contribution is 2.28. The summed E-state index contributed by atoms with van der Waals surface area (Å²) in [6.07, 6.45) is -0.337. The Morgan fingerprint density at radius 3 is 2.59 bits per heavy atom. The summed E-state index contributed by atoms with van der Waals surface area (Å²) in [6, 6.07) is 14.8.